The second-order valence-electron chi connectivity index (χ2n) is 8.20. The first-order chi connectivity index (χ1) is 16.6. The summed E-state index contributed by atoms with van der Waals surface area (Å²) in [6, 6.07) is 20.0. The van der Waals surface area contributed by atoms with E-state index < -0.39 is 27.4 Å². The van der Waals surface area contributed by atoms with Crippen LogP contribution in [-0.2, 0) is 19.6 Å². The molecule has 4 rings (SSSR count). The number of nitrogens with one attached hydrogen (secondary N) is 2. The molecule has 1 aliphatic carbocycles. The van der Waals surface area contributed by atoms with Gasteiger partial charge in [-0.05, 0) is 59.5 Å². The van der Waals surface area contributed by atoms with Crippen LogP contribution in [0, 0.1) is 0 Å². The highest BCUT2D eigenvalue weighted by Gasteiger charge is 2.63. The lowest BCUT2D eigenvalue weighted by molar-refractivity contribution is -0.140. The lowest BCUT2D eigenvalue weighted by atomic mass is 10.1. The number of carbonyl (C=O) groups excluding carboxylic acids is 1. The largest absolute Gasteiger partial charge is 0.484 e. The molecule has 0 bridgehead atoms. The summed E-state index contributed by atoms with van der Waals surface area (Å²) < 4.78 is 34.0. The van der Waals surface area contributed by atoms with E-state index in [9.17, 15) is 23.1 Å². The molecule has 1 amide bonds. The first-order valence-corrected chi connectivity index (χ1v) is 12.6. The van der Waals surface area contributed by atoms with Crippen molar-refractivity contribution in [3.05, 3.63) is 83.4 Å². The molecule has 3 aromatic rings. The molecule has 8 nitrogen and oxygen atoms in total. The number of aliphatic carboxylic acids is 1. The van der Waals surface area contributed by atoms with Gasteiger partial charge in [0, 0.05) is 18.0 Å². The van der Waals surface area contributed by atoms with E-state index in [-0.39, 0.29) is 23.8 Å². The fourth-order valence-corrected chi connectivity index (χ4v) is 5.40. The molecule has 10 heteroatoms. The number of carboxylic acids is 1. The third-order valence-electron chi connectivity index (χ3n) is 5.91. The minimum Gasteiger partial charge on any atom is -0.484 e. The van der Waals surface area contributed by atoms with Gasteiger partial charge in [0.1, 0.15) is 11.3 Å². The molecule has 0 spiro atoms. The van der Waals surface area contributed by atoms with Gasteiger partial charge in [0.2, 0.25) is 10.0 Å². The number of hydrogen-bond acceptors (Lipinski definition) is 5. The number of hydrogen-bond donors (Lipinski definition) is 3. The molecule has 0 saturated heterocycles. The monoisotopic (exact) mass is 514 g/mol. The molecule has 0 aromatic heterocycles. The van der Waals surface area contributed by atoms with E-state index in [1.54, 1.807) is 48.5 Å². The molecule has 182 valence electrons. The molecule has 1 fully saturated rings. The summed E-state index contributed by atoms with van der Waals surface area (Å²) in [5.41, 5.74) is 0.593. The summed E-state index contributed by atoms with van der Waals surface area (Å²) in [5, 5.41) is 13.0. The Balaban J connectivity index is 1.52. The van der Waals surface area contributed by atoms with Crippen molar-refractivity contribution >= 4 is 33.5 Å². The Kier molecular flexibility index (Phi) is 6.84. The standard InChI is InChI=1S/C25H23ClN2O6S/c1-27-23(29)15-34-20-4-2-3-18(13-20)22-14-25(22,24(30)31)28-35(32,33)21-11-7-17(8-12-21)16-5-9-19(26)10-6-16/h2-13,22,28H,14-15H2,1H3,(H,27,29)(H,30,31)/t22-,25+/m0/s1. The van der Waals surface area contributed by atoms with Gasteiger partial charge in [-0.2, -0.15) is 4.72 Å². The van der Waals surface area contributed by atoms with Crippen LogP contribution < -0.4 is 14.8 Å². The quantitative estimate of drug-likeness (QED) is 0.402. The molecule has 3 N–H and O–H groups in total. The summed E-state index contributed by atoms with van der Waals surface area (Å²) in [4.78, 5) is 23.5. The van der Waals surface area contributed by atoms with Crippen LogP contribution in [0.25, 0.3) is 11.1 Å². The first kappa shape index (κ1) is 24.7. The Labute approximate surface area is 207 Å². The average molecular weight is 515 g/mol. The Morgan fingerprint density at radius 1 is 1.06 bits per heavy atom. The van der Waals surface area contributed by atoms with Crippen molar-refractivity contribution in [1.29, 1.82) is 0 Å². The number of carboxylic acid groups (broad SMARTS) is 1. The smallest absolute Gasteiger partial charge is 0.325 e. The van der Waals surface area contributed by atoms with E-state index >= 15 is 0 Å². The molecule has 0 radical (unpaired) electrons. The second-order valence-corrected chi connectivity index (χ2v) is 10.3. The maximum absolute atomic E-state index is 13.1. The van der Waals surface area contributed by atoms with Gasteiger partial charge in [-0.15, -0.1) is 0 Å². The summed E-state index contributed by atoms with van der Waals surface area (Å²) in [7, 11) is -2.63. The number of sulfonamides is 1. The van der Waals surface area contributed by atoms with E-state index in [4.69, 9.17) is 16.3 Å². The summed E-state index contributed by atoms with van der Waals surface area (Å²) >= 11 is 5.92. The Hall–Kier alpha value is -3.40. The molecule has 0 unspecified atom stereocenters. The molecule has 2 atom stereocenters. The predicted octanol–water partition coefficient (Wildman–Crippen LogP) is 3.42. The van der Waals surface area contributed by atoms with Crippen LogP contribution in [-0.4, -0.2) is 44.6 Å². The Bertz CT molecular complexity index is 1360. The topological polar surface area (TPSA) is 122 Å². The van der Waals surface area contributed by atoms with Gasteiger partial charge < -0.3 is 15.2 Å². The van der Waals surface area contributed by atoms with E-state index in [0.29, 0.717) is 16.3 Å². The highest BCUT2D eigenvalue weighted by molar-refractivity contribution is 7.89. The summed E-state index contributed by atoms with van der Waals surface area (Å²) in [6.07, 6.45) is 0.0866. The highest BCUT2D eigenvalue weighted by atomic mass is 35.5. The van der Waals surface area contributed by atoms with Crippen LogP contribution in [0.5, 0.6) is 5.75 Å². The van der Waals surface area contributed by atoms with Gasteiger partial charge in [0.05, 0.1) is 4.90 Å². The third-order valence-corrected chi connectivity index (χ3v) is 7.69. The van der Waals surface area contributed by atoms with Crippen LogP contribution >= 0.6 is 11.6 Å². The number of rotatable bonds is 9. The number of likely N-dealkylation sites (N-methyl/N-ethyl adjacent to an activating group) is 1. The van der Waals surface area contributed by atoms with Gasteiger partial charge in [-0.25, -0.2) is 8.42 Å². The van der Waals surface area contributed by atoms with Crippen molar-refractivity contribution in [2.75, 3.05) is 13.7 Å². The van der Waals surface area contributed by atoms with Gasteiger partial charge in [-0.1, -0.05) is 48.0 Å². The van der Waals surface area contributed by atoms with Gasteiger partial charge in [0.15, 0.2) is 6.61 Å². The maximum Gasteiger partial charge on any atom is 0.325 e. The molecular formula is C25H23ClN2O6S. The molecule has 1 saturated carbocycles. The zero-order valence-electron chi connectivity index (χ0n) is 18.7. The lowest BCUT2D eigenvalue weighted by Crippen LogP contribution is -2.44. The van der Waals surface area contributed by atoms with Crippen molar-refractivity contribution in [2.24, 2.45) is 0 Å². The Morgan fingerprint density at radius 2 is 1.69 bits per heavy atom. The van der Waals surface area contributed by atoms with Crippen LogP contribution in [0.4, 0.5) is 0 Å². The number of halogens is 1. The van der Waals surface area contributed by atoms with Gasteiger partial charge >= 0.3 is 5.97 Å². The third kappa shape index (κ3) is 5.32. The Morgan fingerprint density at radius 3 is 2.29 bits per heavy atom. The molecule has 3 aromatic carbocycles. The fourth-order valence-electron chi connectivity index (χ4n) is 3.87. The van der Waals surface area contributed by atoms with Gasteiger partial charge in [0.25, 0.3) is 5.91 Å². The van der Waals surface area contributed by atoms with Crippen molar-refractivity contribution in [3.8, 4) is 16.9 Å². The number of ether oxygens (including phenoxy) is 1. The SMILES string of the molecule is CNC(=O)COc1cccc([C@@H]2C[C@]2(NS(=O)(=O)c2ccc(-c3ccc(Cl)cc3)cc2)C(=O)O)c1. The molecular weight excluding hydrogens is 492 g/mol. The minimum atomic E-state index is -4.12. The summed E-state index contributed by atoms with van der Waals surface area (Å²) in [5.74, 6) is -1.78. The predicted molar refractivity (Wildman–Crippen MR) is 131 cm³/mol. The number of carbonyl (C=O) groups is 2. The number of benzene rings is 3. The normalized spacial score (nSPS) is 19.1. The first-order valence-electron chi connectivity index (χ1n) is 10.7. The molecule has 1 aliphatic rings. The van der Waals surface area contributed by atoms with Crippen molar-refractivity contribution < 1.29 is 27.9 Å². The fraction of sp³-hybridized carbons (Fsp3) is 0.200. The van der Waals surface area contributed by atoms with Crippen LogP contribution in [0.15, 0.2) is 77.7 Å². The van der Waals surface area contributed by atoms with E-state index in [0.717, 1.165) is 11.1 Å². The zero-order chi connectivity index (χ0) is 25.2. The van der Waals surface area contributed by atoms with Crippen LogP contribution in [0.2, 0.25) is 5.02 Å². The van der Waals surface area contributed by atoms with E-state index in [1.807, 2.05) is 12.1 Å². The minimum absolute atomic E-state index is 0.0378. The average Bonchev–Trinajstić information content (AvgIpc) is 3.58. The summed E-state index contributed by atoms with van der Waals surface area (Å²) in [6.45, 7) is -0.187. The second kappa shape index (κ2) is 9.69. The number of amides is 1. The maximum atomic E-state index is 13.1. The van der Waals surface area contributed by atoms with Crippen LogP contribution in [0.1, 0.15) is 17.9 Å². The molecule has 0 heterocycles. The van der Waals surface area contributed by atoms with Crippen molar-refractivity contribution in [1.82, 2.24) is 10.0 Å². The van der Waals surface area contributed by atoms with E-state index in [2.05, 4.69) is 10.0 Å². The molecule has 35 heavy (non-hydrogen) atoms. The van der Waals surface area contributed by atoms with Crippen molar-refractivity contribution in [2.45, 2.75) is 22.8 Å². The van der Waals surface area contributed by atoms with E-state index in [1.165, 1.54) is 19.2 Å². The van der Waals surface area contributed by atoms with Gasteiger partial charge in [-0.3, -0.25) is 9.59 Å². The van der Waals surface area contributed by atoms with Crippen LogP contribution in [0.3, 0.4) is 0 Å². The van der Waals surface area contributed by atoms with Crippen molar-refractivity contribution in [3.63, 3.8) is 0 Å². The highest BCUT2D eigenvalue weighted by Crippen LogP contribution is 2.53. The lowest BCUT2D eigenvalue weighted by Gasteiger charge is -2.16. The zero-order valence-corrected chi connectivity index (χ0v) is 20.3. The molecule has 0 aliphatic heterocycles.